The van der Waals surface area contributed by atoms with Gasteiger partial charge in [0, 0.05) is 6.42 Å². The highest BCUT2D eigenvalue weighted by Gasteiger charge is 2.14. The molecule has 0 aromatic heterocycles. The third-order valence-corrected chi connectivity index (χ3v) is 1.83. The van der Waals surface area contributed by atoms with Crippen molar-refractivity contribution < 1.29 is 23.4 Å². The summed E-state index contributed by atoms with van der Waals surface area (Å²) < 4.78 is 29.5. The molecular formula is C9H14F2O3. The first-order valence-electron chi connectivity index (χ1n) is 4.24. The fourth-order valence-electron chi connectivity index (χ4n) is 0.884. The van der Waals surface area contributed by atoms with Gasteiger partial charge in [0.1, 0.15) is 5.83 Å². The molecule has 0 fully saturated rings. The Bertz CT molecular complexity index is 226. The maximum absolute atomic E-state index is 12.7. The van der Waals surface area contributed by atoms with Crippen LogP contribution in [0.1, 0.15) is 19.8 Å². The molecule has 1 atom stereocenters. The van der Waals surface area contributed by atoms with E-state index in [9.17, 15) is 13.6 Å². The van der Waals surface area contributed by atoms with Crippen LogP contribution < -0.4 is 0 Å². The molecule has 14 heavy (non-hydrogen) atoms. The molecule has 0 saturated carbocycles. The molecular weight excluding hydrogens is 194 g/mol. The number of aliphatic hydroxyl groups excluding tert-OH is 1. The van der Waals surface area contributed by atoms with Crippen LogP contribution >= 0.6 is 0 Å². The topological polar surface area (TPSA) is 46.5 Å². The third kappa shape index (κ3) is 4.32. The van der Waals surface area contributed by atoms with Crippen molar-refractivity contribution in [1.82, 2.24) is 0 Å². The molecule has 0 aliphatic heterocycles. The van der Waals surface area contributed by atoms with Crippen LogP contribution in [0.4, 0.5) is 8.78 Å². The molecule has 0 aliphatic carbocycles. The lowest BCUT2D eigenvalue weighted by Gasteiger charge is -2.07. The second-order valence-corrected chi connectivity index (χ2v) is 2.93. The second kappa shape index (κ2) is 6.48. The number of rotatable bonds is 5. The van der Waals surface area contributed by atoms with Gasteiger partial charge >= 0.3 is 5.97 Å². The van der Waals surface area contributed by atoms with Crippen molar-refractivity contribution in [3.8, 4) is 0 Å². The van der Waals surface area contributed by atoms with Crippen LogP contribution in [0.25, 0.3) is 0 Å². The first-order chi connectivity index (χ1) is 6.52. The quantitative estimate of drug-likeness (QED) is 0.700. The van der Waals surface area contributed by atoms with E-state index in [2.05, 4.69) is 4.74 Å². The minimum atomic E-state index is -1.18. The largest absolute Gasteiger partial charge is 0.469 e. The summed E-state index contributed by atoms with van der Waals surface area (Å²) in [5.41, 5.74) is 0. The predicted octanol–water partition coefficient (Wildman–Crippen LogP) is 1.72. The fourth-order valence-corrected chi connectivity index (χ4v) is 0.884. The Morgan fingerprint density at radius 2 is 2.00 bits per heavy atom. The van der Waals surface area contributed by atoms with Crippen LogP contribution in [0.5, 0.6) is 0 Å². The van der Waals surface area contributed by atoms with E-state index in [0.29, 0.717) is 0 Å². The Kier molecular flexibility index (Phi) is 6.03. The maximum Gasteiger partial charge on any atom is 0.308 e. The van der Waals surface area contributed by atoms with Gasteiger partial charge in [-0.15, -0.1) is 0 Å². The molecule has 0 spiro atoms. The van der Waals surface area contributed by atoms with Crippen LogP contribution in [0, 0.1) is 5.92 Å². The van der Waals surface area contributed by atoms with Gasteiger partial charge in [-0.25, -0.2) is 8.78 Å². The van der Waals surface area contributed by atoms with Crippen LogP contribution in [-0.2, 0) is 9.53 Å². The molecule has 0 heterocycles. The van der Waals surface area contributed by atoms with Gasteiger partial charge in [0.05, 0.1) is 19.6 Å². The Morgan fingerprint density at radius 1 is 1.43 bits per heavy atom. The van der Waals surface area contributed by atoms with Gasteiger partial charge in [-0.3, -0.25) is 4.79 Å². The van der Waals surface area contributed by atoms with E-state index in [4.69, 9.17) is 5.11 Å². The SMILES string of the molecule is COC(=O)C(C)CCC(F)=C(F)CO. The Hall–Kier alpha value is -0.970. The summed E-state index contributed by atoms with van der Waals surface area (Å²) >= 11 is 0. The van der Waals surface area contributed by atoms with E-state index in [1.165, 1.54) is 7.11 Å². The number of esters is 1. The molecule has 0 aromatic carbocycles. The minimum Gasteiger partial charge on any atom is -0.469 e. The first kappa shape index (κ1) is 13.0. The number of methoxy groups -OCH3 is 1. The number of carbonyl (C=O) groups is 1. The van der Waals surface area contributed by atoms with Crippen molar-refractivity contribution in [3.05, 3.63) is 11.7 Å². The predicted molar refractivity (Wildman–Crippen MR) is 46.7 cm³/mol. The lowest BCUT2D eigenvalue weighted by Crippen LogP contribution is -2.12. The van der Waals surface area contributed by atoms with Gasteiger partial charge in [-0.05, 0) is 6.42 Å². The minimum absolute atomic E-state index is 0.159. The van der Waals surface area contributed by atoms with Crippen molar-refractivity contribution in [1.29, 1.82) is 0 Å². The normalized spacial score (nSPS) is 14.6. The number of ether oxygens (including phenoxy) is 1. The smallest absolute Gasteiger partial charge is 0.308 e. The number of allylic oxidation sites excluding steroid dienone is 1. The molecule has 0 aliphatic rings. The highest BCUT2D eigenvalue weighted by atomic mass is 19.2. The van der Waals surface area contributed by atoms with Gasteiger partial charge in [0.15, 0.2) is 5.83 Å². The monoisotopic (exact) mass is 208 g/mol. The number of halogens is 2. The fraction of sp³-hybridized carbons (Fsp3) is 0.667. The summed E-state index contributed by atoms with van der Waals surface area (Å²) in [6.45, 7) is 0.619. The van der Waals surface area contributed by atoms with Gasteiger partial charge < -0.3 is 9.84 Å². The van der Waals surface area contributed by atoms with Crippen LogP contribution in [0.3, 0.4) is 0 Å². The van der Waals surface area contributed by atoms with E-state index in [1.807, 2.05) is 0 Å². The van der Waals surface area contributed by atoms with Crippen molar-refractivity contribution >= 4 is 5.97 Å². The van der Waals surface area contributed by atoms with E-state index >= 15 is 0 Å². The average molecular weight is 208 g/mol. The molecule has 1 unspecified atom stereocenters. The van der Waals surface area contributed by atoms with Crippen LogP contribution in [-0.4, -0.2) is 24.8 Å². The van der Waals surface area contributed by atoms with E-state index in [0.717, 1.165) is 0 Å². The molecule has 1 N–H and O–H groups in total. The average Bonchev–Trinajstić information content (AvgIpc) is 2.22. The van der Waals surface area contributed by atoms with Gasteiger partial charge in [-0.2, -0.15) is 0 Å². The molecule has 0 radical (unpaired) electrons. The molecule has 3 nitrogen and oxygen atoms in total. The van der Waals surface area contributed by atoms with Gasteiger partial charge in [0.2, 0.25) is 0 Å². The number of hydrogen-bond donors (Lipinski definition) is 1. The lowest BCUT2D eigenvalue weighted by molar-refractivity contribution is -0.145. The Morgan fingerprint density at radius 3 is 2.43 bits per heavy atom. The Labute approximate surface area is 81.4 Å². The standard InChI is InChI=1S/C9H14F2O3/c1-6(9(13)14-2)3-4-7(10)8(11)5-12/h6,12H,3-5H2,1-2H3. The zero-order valence-electron chi connectivity index (χ0n) is 8.22. The van der Waals surface area contributed by atoms with E-state index < -0.39 is 30.1 Å². The molecule has 5 heteroatoms. The zero-order valence-corrected chi connectivity index (χ0v) is 8.22. The number of carbonyl (C=O) groups excluding carboxylic acids is 1. The maximum atomic E-state index is 12.7. The highest BCUT2D eigenvalue weighted by Crippen LogP contribution is 2.17. The van der Waals surface area contributed by atoms with Crippen molar-refractivity contribution in [2.45, 2.75) is 19.8 Å². The Balaban J connectivity index is 4.00. The summed E-state index contributed by atoms with van der Waals surface area (Å²) in [6.07, 6.45) is -0.0470. The number of hydrogen-bond acceptors (Lipinski definition) is 3. The first-order valence-corrected chi connectivity index (χ1v) is 4.24. The van der Waals surface area contributed by atoms with Gasteiger partial charge in [0.25, 0.3) is 0 Å². The molecule has 0 aromatic rings. The van der Waals surface area contributed by atoms with Crippen LogP contribution in [0.15, 0.2) is 11.7 Å². The zero-order chi connectivity index (χ0) is 11.1. The molecule has 0 saturated heterocycles. The highest BCUT2D eigenvalue weighted by molar-refractivity contribution is 5.71. The lowest BCUT2D eigenvalue weighted by atomic mass is 10.1. The molecule has 0 amide bonds. The van der Waals surface area contributed by atoms with Crippen molar-refractivity contribution in [2.24, 2.45) is 5.92 Å². The van der Waals surface area contributed by atoms with E-state index in [-0.39, 0.29) is 12.8 Å². The van der Waals surface area contributed by atoms with Crippen molar-refractivity contribution in [3.63, 3.8) is 0 Å². The van der Waals surface area contributed by atoms with Crippen molar-refractivity contribution in [2.75, 3.05) is 13.7 Å². The summed E-state index contributed by atoms with van der Waals surface area (Å²) in [4.78, 5) is 10.9. The molecule has 82 valence electrons. The third-order valence-electron chi connectivity index (χ3n) is 1.83. The summed E-state index contributed by atoms with van der Waals surface area (Å²) in [6, 6.07) is 0. The summed E-state index contributed by atoms with van der Waals surface area (Å²) in [5, 5.41) is 8.26. The summed E-state index contributed by atoms with van der Waals surface area (Å²) in [7, 11) is 1.24. The second-order valence-electron chi connectivity index (χ2n) is 2.93. The van der Waals surface area contributed by atoms with Gasteiger partial charge in [-0.1, -0.05) is 6.92 Å². The molecule has 0 bridgehead atoms. The number of aliphatic hydroxyl groups is 1. The summed E-state index contributed by atoms with van der Waals surface area (Å²) in [5.74, 6) is -3.12. The van der Waals surface area contributed by atoms with Crippen LogP contribution in [0.2, 0.25) is 0 Å². The van der Waals surface area contributed by atoms with E-state index in [1.54, 1.807) is 6.92 Å². The molecule has 0 rings (SSSR count).